The van der Waals surface area contributed by atoms with Gasteiger partial charge in [0.2, 0.25) is 5.91 Å². The molecule has 21 heavy (non-hydrogen) atoms. The molecule has 1 heterocycles. The number of aromatic nitrogens is 4. The van der Waals surface area contributed by atoms with Crippen molar-refractivity contribution in [2.75, 3.05) is 5.32 Å². The highest BCUT2D eigenvalue weighted by molar-refractivity contribution is 6.33. The number of hydrogen-bond acceptors (Lipinski definition) is 5. The lowest BCUT2D eigenvalue weighted by molar-refractivity contribution is -0.119. The minimum atomic E-state index is -0.648. The Hall–Kier alpha value is -1.99. The second-order valence-electron chi connectivity index (χ2n) is 5.75. The predicted octanol–water partition coefficient (Wildman–Crippen LogP) is 1.63. The maximum absolute atomic E-state index is 12.2. The molecule has 0 aliphatic carbocycles. The molecule has 0 unspecified atom stereocenters. The van der Waals surface area contributed by atoms with E-state index in [0.717, 1.165) is 0 Å². The van der Waals surface area contributed by atoms with E-state index < -0.39 is 6.04 Å². The van der Waals surface area contributed by atoms with E-state index in [0.29, 0.717) is 16.4 Å². The fraction of sp³-hybridized carbons (Fsp3) is 0.385. The Morgan fingerprint density at radius 1 is 1.43 bits per heavy atom. The van der Waals surface area contributed by atoms with Crippen molar-refractivity contribution in [2.24, 2.45) is 11.1 Å². The summed E-state index contributed by atoms with van der Waals surface area (Å²) in [5.41, 5.74) is 6.74. The standard InChI is InChI=1S/C13H17ClN6O/c1-13(2,3)11(15)12(21)17-10-6-8(4-5-9(10)14)20-7-16-18-19-20/h4-7,11H,15H2,1-3H3,(H,17,21)/t11-/m1/s1. The van der Waals surface area contributed by atoms with Gasteiger partial charge in [0, 0.05) is 0 Å². The van der Waals surface area contributed by atoms with Gasteiger partial charge in [-0.05, 0) is 34.0 Å². The Balaban J connectivity index is 2.24. The van der Waals surface area contributed by atoms with E-state index in [1.807, 2.05) is 20.8 Å². The molecule has 3 N–H and O–H groups in total. The largest absolute Gasteiger partial charge is 0.323 e. The minimum absolute atomic E-state index is 0.293. The number of benzene rings is 1. The van der Waals surface area contributed by atoms with Crippen LogP contribution in [0, 0.1) is 5.41 Å². The lowest BCUT2D eigenvalue weighted by atomic mass is 9.87. The van der Waals surface area contributed by atoms with Gasteiger partial charge in [-0.25, -0.2) is 4.68 Å². The van der Waals surface area contributed by atoms with Gasteiger partial charge < -0.3 is 11.1 Å². The molecule has 0 saturated heterocycles. The molecule has 112 valence electrons. The van der Waals surface area contributed by atoms with E-state index >= 15 is 0 Å². The molecule has 0 spiro atoms. The summed E-state index contributed by atoms with van der Waals surface area (Å²) < 4.78 is 1.47. The van der Waals surface area contributed by atoms with E-state index in [9.17, 15) is 4.79 Å². The number of anilines is 1. The molecule has 0 bridgehead atoms. The Bertz CT molecular complexity index is 635. The zero-order valence-electron chi connectivity index (χ0n) is 12.0. The third kappa shape index (κ3) is 3.56. The van der Waals surface area contributed by atoms with Crippen molar-refractivity contribution >= 4 is 23.2 Å². The second-order valence-corrected chi connectivity index (χ2v) is 6.16. The van der Waals surface area contributed by atoms with E-state index in [1.165, 1.54) is 11.0 Å². The van der Waals surface area contributed by atoms with Gasteiger partial charge in [0.15, 0.2) is 0 Å². The van der Waals surface area contributed by atoms with Crippen LogP contribution in [0.2, 0.25) is 5.02 Å². The molecule has 2 rings (SSSR count). The van der Waals surface area contributed by atoms with Crippen LogP contribution in [0.1, 0.15) is 20.8 Å². The minimum Gasteiger partial charge on any atom is -0.323 e. The molecule has 1 aromatic heterocycles. The highest BCUT2D eigenvalue weighted by atomic mass is 35.5. The number of nitrogens with one attached hydrogen (secondary N) is 1. The third-order valence-electron chi connectivity index (χ3n) is 3.04. The average molecular weight is 309 g/mol. The van der Waals surface area contributed by atoms with E-state index in [2.05, 4.69) is 20.8 Å². The Labute approximate surface area is 127 Å². The zero-order chi connectivity index (χ0) is 15.6. The van der Waals surface area contributed by atoms with Crippen molar-refractivity contribution in [1.82, 2.24) is 20.2 Å². The van der Waals surface area contributed by atoms with Gasteiger partial charge in [0.1, 0.15) is 6.33 Å². The van der Waals surface area contributed by atoms with Crippen molar-refractivity contribution in [3.63, 3.8) is 0 Å². The fourth-order valence-electron chi connectivity index (χ4n) is 1.63. The topological polar surface area (TPSA) is 98.7 Å². The number of rotatable bonds is 3. The molecule has 1 atom stereocenters. The highest BCUT2D eigenvalue weighted by Gasteiger charge is 2.27. The summed E-state index contributed by atoms with van der Waals surface area (Å²) in [6.07, 6.45) is 1.45. The predicted molar refractivity (Wildman–Crippen MR) is 80.2 cm³/mol. The van der Waals surface area contributed by atoms with Crippen LogP contribution in [0.25, 0.3) is 5.69 Å². The number of hydrogen-bond donors (Lipinski definition) is 2. The maximum Gasteiger partial charge on any atom is 0.241 e. The first-order valence-electron chi connectivity index (χ1n) is 6.38. The molecular weight excluding hydrogens is 292 g/mol. The molecule has 0 fully saturated rings. The normalized spacial score (nSPS) is 13.0. The van der Waals surface area contributed by atoms with Crippen LogP contribution in [-0.4, -0.2) is 32.2 Å². The number of carbonyl (C=O) groups excluding carboxylic acids is 1. The van der Waals surface area contributed by atoms with Gasteiger partial charge in [-0.3, -0.25) is 4.79 Å². The maximum atomic E-state index is 12.2. The molecule has 1 aromatic carbocycles. The molecule has 7 nitrogen and oxygen atoms in total. The molecule has 2 aromatic rings. The van der Waals surface area contributed by atoms with Gasteiger partial charge in [-0.15, -0.1) is 5.10 Å². The second kappa shape index (κ2) is 5.79. The third-order valence-corrected chi connectivity index (χ3v) is 3.37. The Morgan fingerprint density at radius 3 is 2.71 bits per heavy atom. The van der Waals surface area contributed by atoms with Gasteiger partial charge >= 0.3 is 0 Å². The fourth-order valence-corrected chi connectivity index (χ4v) is 1.80. The lowest BCUT2D eigenvalue weighted by Gasteiger charge is -2.26. The van der Waals surface area contributed by atoms with E-state index in [4.69, 9.17) is 17.3 Å². The molecular formula is C13H17ClN6O. The number of tetrazole rings is 1. The van der Waals surface area contributed by atoms with Crippen LogP contribution in [0.3, 0.4) is 0 Å². The summed E-state index contributed by atoms with van der Waals surface area (Å²) in [7, 11) is 0. The van der Waals surface area contributed by atoms with Gasteiger partial charge in [-0.1, -0.05) is 32.4 Å². The van der Waals surface area contributed by atoms with Gasteiger partial charge in [0.25, 0.3) is 0 Å². The first-order chi connectivity index (χ1) is 9.79. The molecule has 8 heteroatoms. The smallest absolute Gasteiger partial charge is 0.241 e. The molecule has 0 radical (unpaired) electrons. The van der Waals surface area contributed by atoms with Crippen LogP contribution in [-0.2, 0) is 4.79 Å². The van der Waals surface area contributed by atoms with Crippen molar-refractivity contribution in [2.45, 2.75) is 26.8 Å². The number of halogens is 1. The summed E-state index contributed by atoms with van der Waals surface area (Å²) >= 11 is 6.10. The average Bonchev–Trinajstić information content (AvgIpc) is 2.93. The number of amides is 1. The summed E-state index contributed by atoms with van der Waals surface area (Å²) in [5.74, 6) is -0.293. The Morgan fingerprint density at radius 2 is 2.14 bits per heavy atom. The van der Waals surface area contributed by atoms with Gasteiger partial charge in [-0.2, -0.15) is 0 Å². The monoisotopic (exact) mass is 308 g/mol. The van der Waals surface area contributed by atoms with Crippen LogP contribution in [0.15, 0.2) is 24.5 Å². The lowest BCUT2D eigenvalue weighted by Crippen LogP contribution is -2.45. The van der Waals surface area contributed by atoms with E-state index in [-0.39, 0.29) is 11.3 Å². The van der Waals surface area contributed by atoms with Crippen molar-refractivity contribution in [1.29, 1.82) is 0 Å². The van der Waals surface area contributed by atoms with E-state index in [1.54, 1.807) is 18.2 Å². The number of carbonyl (C=O) groups is 1. The number of nitrogens with two attached hydrogens (primary N) is 1. The van der Waals surface area contributed by atoms with Crippen LogP contribution < -0.4 is 11.1 Å². The molecule has 0 saturated carbocycles. The molecule has 1 amide bonds. The first kappa shape index (κ1) is 15.4. The number of nitrogens with zero attached hydrogens (tertiary/aromatic N) is 4. The van der Waals surface area contributed by atoms with Crippen LogP contribution in [0.5, 0.6) is 0 Å². The Kier molecular flexibility index (Phi) is 4.24. The molecule has 0 aliphatic rings. The van der Waals surface area contributed by atoms with Crippen LogP contribution >= 0.6 is 11.6 Å². The zero-order valence-corrected chi connectivity index (χ0v) is 12.8. The SMILES string of the molecule is CC(C)(C)[C@H](N)C(=O)Nc1cc(-n2cnnn2)ccc1Cl. The summed E-state index contributed by atoms with van der Waals surface area (Å²) in [6.45, 7) is 5.70. The summed E-state index contributed by atoms with van der Waals surface area (Å²) in [6, 6.07) is 4.45. The molecule has 0 aliphatic heterocycles. The summed E-state index contributed by atoms with van der Waals surface area (Å²) in [4.78, 5) is 12.2. The summed E-state index contributed by atoms with van der Waals surface area (Å²) in [5, 5.41) is 14.1. The highest BCUT2D eigenvalue weighted by Crippen LogP contribution is 2.26. The first-order valence-corrected chi connectivity index (χ1v) is 6.76. The van der Waals surface area contributed by atoms with Gasteiger partial charge in [0.05, 0.1) is 22.4 Å². The van der Waals surface area contributed by atoms with Crippen LogP contribution in [0.4, 0.5) is 5.69 Å². The van der Waals surface area contributed by atoms with Crippen molar-refractivity contribution in [3.05, 3.63) is 29.5 Å². The van der Waals surface area contributed by atoms with Crippen molar-refractivity contribution < 1.29 is 4.79 Å². The van der Waals surface area contributed by atoms with Crippen molar-refractivity contribution in [3.8, 4) is 5.69 Å². The quantitative estimate of drug-likeness (QED) is 0.898.